The minimum absolute atomic E-state index is 0.0889. The Balaban J connectivity index is 1.81. The lowest BCUT2D eigenvalue weighted by molar-refractivity contribution is -0.141. The van der Waals surface area contributed by atoms with E-state index in [4.69, 9.17) is 4.52 Å². The first-order chi connectivity index (χ1) is 13.1. The zero-order chi connectivity index (χ0) is 20.5. The van der Waals surface area contributed by atoms with Crippen LogP contribution in [-0.4, -0.2) is 22.5 Å². The van der Waals surface area contributed by atoms with Crippen molar-refractivity contribution in [3.05, 3.63) is 40.1 Å². The van der Waals surface area contributed by atoms with Gasteiger partial charge in [-0.05, 0) is 51.2 Å². The fourth-order valence-electron chi connectivity index (χ4n) is 4.72. The molecular formula is C23H25NO4. The summed E-state index contributed by atoms with van der Waals surface area (Å²) in [6.07, 6.45) is 0.718. The lowest BCUT2D eigenvalue weighted by Gasteiger charge is -2.32. The average Bonchev–Trinajstić information content (AvgIpc) is 3.38. The van der Waals surface area contributed by atoms with Crippen LogP contribution in [0.5, 0.6) is 0 Å². The van der Waals surface area contributed by atoms with E-state index in [1.54, 1.807) is 6.07 Å². The summed E-state index contributed by atoms with van der Waals surface area (Å²) in [5.41, 5.74) is 3.99. The van der Waals surface area contributed by atoms with Gasteiger partial charge in [0, 0.05) is 28.0 Å². The summed E-state index contributed by atoms with van der Waals surface area (Å²) >= 11 is 0. The predicted octanol–water partition coefficient (Wildman–Crippen LogP) is 4.19. The Morgan fingerprint density at radius 1 is 1.11 bits per heavy atom. The number of nitrogens with zero attached hydrogens (tertiary/aromatic N) is 1. The summed E-state index contributed by atoms with van der Waals surface area (Å²) in [4.78, 5) is 39.2. The second kappa shape index (κ2) is 5.97. The third kappa shape index (κ3) is 2.45. The van der Waals surface area contributed by atoms with Gasteiger partial charge in [-0.1, -0.05) is 31.1 Å². The van der Waals surface area contributed by atoms with Crippen molar-refractivity contribution in [1.29, 1.82) is 0 Å². The average molecular weight is 379 g/mol. The van der Waals surface area contributed by atoms with Crippen LogP contribution in [0.4, 0.5) is 0 Å². The predicted molar refractivity (Wildman–Crippen MR) is 104 cm³/mol. The zero-order valence-electron chi connectivity index (χ0n) is 17.2. The highest BCUT2D eigenvalue weighted by molar-refractivity contribution is 6.28. The lowest BCUT2D eigenvalue weighted by atomic mass is 9.68. The minimum atomic E-state index is -1.19. The number of rotatable bonds is 3. The van der Waals surface area contributed by atoms with Crippen LogP contribution < -0.4 is 0 Å². The van der Waals surface area contributed by atoms with Crippen LogP contribution in [-0.2, 0) is 9.59 Å². The number of hydrogen-bond acceptors (Lipinski definition) is 5. The molecule has 0 radical (unpaired) electrons. The number of benzene rings is 1. The van der Waals surface area contributed by atoms with E-state index in [0.717, 1.165) is 34.4 Å². The Kier molecular flexibility index (Phi) is 4.00. The number of carbonyl (C=O) groups excluding carboxylic acids is 3. The van der Waals surface area contributed by atoms with Crippen LogP contribution >= 0.6 is 0 Å². The van der Waals surface area contributed by atoms with Gasteiger partial charge in [-0.25, -0.2) is 0 Å². The van der Waals surface area contributed by atoms with E-state index in [1.165, 1.54) is 0 Å². The molecule has 2 saturated carbocycles. The largest absolute Gasteiger partial charge is 0.356 e. The molecule has 1 heterocycles. The summed E-state index contributed by atoms with van der Waals surface area (Å²) in [6.45, 7) is 11.3. The van der Waals surface area contributed by atoms with Gasteiger partial charge in [0.25, 0.3) is 0 Å². The maximum absolute atomic E-state index is 13.4. The molecule has 2 aliphatic rings. The summed E-state index contributed by atoms with van der Waals surface area (Å²) in [6, 6.07) is 3.57. The van der Waals surface area contributed by atoms with Gasteiger partial charge >= 0.3 is 0 Å². The van der Waals surface area contributed by atoms with Crippen molar-refractivity contribution in [2.75, 3.05) is 0 Å². The maximum Gasteiger partial charge on any atom is 0.181 e. The van der Waals surface area contributed by atoms with Crippen LogP contribution in [0.2, 0.25) is 0 Å². The number of fused-ring (bicyclic) bond motifs is 1. The molecule has 0 aliphatic heterocycles. The third-order valence-corrected chi connectivity index (χ3v) is 6.85. The highest BCUT2D eigenvalue weighted by Gasteiger charge is 2.63. The molecule has 0 N–H and O–H groups in total. The standard InChI is InChI=1S/C23H25NO4/c1-10-7-8-14(12(3)17(10)21-11(2)13(4)24-28-21)19(25)18-20(26)15-9-16(15)23(5,6)22(18)27/h7-8,15-16,18H,9H2,1-6H3. The molecule has 2 aromatic rings. The summed E-state index contributed by atoms with van der Waals surface area (Å²) in [7, 11) is 0. The first-order valence-corrected chi connectivity index (χ1v) is 9.73. The topological polar surface area (TPSA) is 77.2 Å². The highest BCUT2D eigenvalue weighted by atomic mass is 16.5. The smallest absolute Gasteiger partial charge is 0.181 e. The van der Waals surface area contributed by atoms with Gasteiger partial charge in [-0.2, -0.15) is 0 Å². The Bertz CT molecular complexity index is 1040. The normalized spacial score (nSPS) is 25.6. The van der Waals surface area contributed by atoms with Gasteiger partial charge in [-0.15, -0.1) is 0 Å². The van der Waals surface area contributed by atoms with Gasteiger partial charge in [0.2, 0.25) is 0 Å². The number of Topliss-reactive ketones (excluding diaryl/α,β-unsaturated/α-hetero) is 3. The van der Waals surface area contributed by atoms with E-state index >= 15 is 0 Å². The number of aromatic nitrogens is 1. The van der Waals surface area contributed by atoms with E-state index in [9.17, 15) is 14.4 Å². The molecule has 0 saturated heterocycles. The molecule has 5 nitrogen and oxygen atoms in total. The van der Waals surface area contributed by atoms with Crippen molar-refractivity contribution >= 4 is 17.3 Å². The van der Waals surface area contributed by atoms with Gasteiger partial charge in [0.15, 0.2) is 23.1 Å². The van der Waals surface area contributed by atoms with E-state index in [0.29, 0.717) is 11.3 Å². The molecule has 2 fully saturated rings. The quantitative estimate of drug-likeness (QED) is 0.590. The van der Waals surface area contributed by atoms with E-state index in [1.807, 2.05) is 47.6 Å². The highest BCUT2D eigenvalue weighted by Crippen LogP contribution is 2.57. The monoisotopic (exact) mass is 379 g/mol. The van der Waals surface area contributed by atoms with Gasteiger partial charge < -0.3 is 4.52 Å². The molecule has 28 heavy (non-hydrogen) atoms. The van der Waals surface area contributed by atoms with Gasteiger partial charge in [0.1, 0.15) is 5.92 Å². The van der Waals surface area contributed by atoms with Gasteiger partial charge in [-0.3, -0.25) is 14.4 Å². The molecule has 3 unspecified atom stereocenters. The van der Waals surface area contributed by atoms with Crippen molar-refractivity contribution in [3.63, 3.8) is 0 Å². The molecule has 5 heteroatoms. The van der Waals surface area contributed by atoms with E-state index < -0.39 is 11.3 Å². The van der Waals surface area contributed by atoms with Crippen LogP contribution in [0.25, 0.3) is 11.3 Å². The van der Waals surface area contributed by atoms with Gasteiger partial charge in [0.05, 0.1) is 5.69 Å². The molecular weight excluding hydrogens is 354 g/mol. The zero-order valence-corrected chi connectivity index (χ0v) is 17.2. The maximum atomic E-state index is 13.4. The number of aryl methyl sites for hydroxylation is 2. The third-order valence-electron chi connectivity index (χ3n) is 6.85. The molecule has 4 rings (SSSR count). The summed E-state index contributed by atoms with van der Waals surface area (Å²) < 4.78 is 5.53. The fraction of sp³-hybridized carbons (Fsp3) is 0.478. The van der Waals surface area contributed by atoms with Crippen molar-refractivity contribution in [1.82, 2.24) is 5.16 Å². The molecule has 1 aromatic carbocycles. The Labute approximate surface area is 164 Å². The number of ketones is 3. The Morgan fingerprint density at radius 3 is 2.39 bits per heavy atom. The van der Waals surface area contributed by atoms with Crippen molar-refractivity contribution in [2.24, 2.45) is 23.2 Å². The SMILES string of the molecule is Cc1ccc(C(=O)C2C(=O)C3CC3C(C)(C)C2=O)c(C)c1-c1onc(C)c1C. The number of carbonyl (C=O) groups is 3. The first kappa shape index (κ1) is 18.8. The first-order valence-electron chi connectivity index (χ1n) is 9.73. The van der Waals surface area contributed by atoms with Crippen LogP contribution in [0.3, 0.4) is 0 Å². The van der Waals surface area contributed by atoms with Crippen molar-refractivity contribution < 1.29 is 18.9 Å². The van der Waals surface area contributed by atoms with E-state index in [2.05, 4.69) is 5.16 Å². The molecule has 2 aliphatic carbocycles. The van der Waals surface area contributed by atoms with Crippen LogP contribution in [0.1, 0.15) is 53.0 Å². The molecule has 0 amide bonds. The number of hydrogen-bond donors (Lipinski definition) is 0. The van der Waals surface area contributed by atoms with Crippen molar-refractivity contribution in [3.8, 4) is 11.3 Å². The van der Waals surface area contributed by atoms with E-state index in [-0.39, 0.29) is 29.2 Å². The van der Waals surface area contributed by atoms with Crippen LogP contribution in [0.15, 0.2) is 16.7 Å². The molecule has 0 spiro atoms. The second-order valence-electron chi connectivity index (χ2n) is 8.89. The van der Waals surface area contributed by atoms with Crippen molar-refractivity contribution in [2.45, 2.75) is 48.0 Å². The van der Waals surface area contributed by atoms with Crippen LogP contribution in [0, 0.1) is 50.9 Å². The molecule has 0 bridgehead atoms. The fourth-order valence-corrected chi connectivity index (χ4v) is 4.72. The lowest BCUT2D eigenvalue weighted by Crippen LogP contribution is -2.46. The second-order valence-corrected chi connectivity index (χ2v) is 8.89. The molecule has 146 valence electrons. The Morgan fingerprint density at radius 2 is 1.79 bits per heavy atom. The summed E-state index contributed by atoms with van der Waals surface area (Å²) in [5, 5.41) is 4.03. The minimum Gasteiger partial charge on any atom is -0.356 e. The molecule has 1 aromatic heterocycles. The summed E-state index contributed by atoms with van der Waals surface area (Å²) in [5.74, 6) is -1.45. The Hall–Kier alpha value is -2.56. The molecule has 3 atom stereocenters.